The Morgan fingerprint density at radius 2 is 1.86 bits per heavy atom. The Morgan fingerprint density at radius 1 is 1.17 bits per heavy atom. The van der Waals surface area contributed by atoms with Crippen LogP contribution in [0.1, 0.15) is 22.3 Å². The number of ether oxygens (including phenoxy) is 1. The first-order valence-corrected chi connectivity index (χ1v) is 10.5. The number of amides is 1. The van der Waals surface area contributed by atoms with Gasteiger partial charge in [-0.25, -0.2) is 0 Å². The number of Topliss-reactive ketones (excluding diaryl/α,β-unsaturated/α-hetero) is 1. The molecule has 0 bridgehead atoms. The summed E-state index contributed by atoms with van der Waals surface area (Å²) in [5.74, 6) is -0.809. The summed E-state index contributed by atoms with van der Waals surface area (Å²) in [7, 11) is 0. The highest BCUT2D eigenvalue weighted by molar-refractivity contribution is 9.10. The predicted octanol–water partition coefficient (Wildman–Crippen LogP) is 3.20. The van der Waals surface area contributed by atoms with Crippen molar-refractivity contribution in [3.63, 3.8) is 0 Å². The first-order chi connectivity index (χ1) is 13.9. The van der Waals surface area contributed by atoms with Crippen LogP contribution in [-0.2, 0) is 15.1 Å². The summed E-state index contributed by atoms with van der Waals surface area (Å²) in [6.45, 7) is 2.97. The highest BCUT2D eigenvalue weighted by atomic mass is 79.9. The number of hydrogen-bond donors (Lipinski definition) is 1. The van der Waals surface area contributed by atoms with E-state index in [1.165, 1.54) is 0 Å². The molecule has 0 aliphatic carbocycles. The quantitative estimate of drug-likeness (QED) is 0.667. The fourth-order valence-electron chi connectivity index (χ4n) is 3.75. The Hall–Kier alpha value is -1.77. The lowest BCUT2D eigenvalue weighted by Gasteiger charge is -2.31. The molecule has 0 spiro atoms. The third-order valence-electron chi connectivity index (χ3n) is 5.32. The van der Waals surface area contributed by atoms with Gasteiger partial charge in [0.2, 0.25) is 0 Å². The molecule has 152 valence electrons. The van der Waals surface area contributed by atoms with Crippen LogP contribution in [0.2, 0.25) is 5.02 Å². The van der Waals surface area contributed by atoms with E-state index in [1.807, 2.05) is 6.07 Å². The van der Waals surface area contributed by atoms with Crippen LogP contribution < -0.4 is 4.90 Å². The lowest BCUT2D eigenvalue weighted by Crippen LogP contribution is -2.49. The number of anilines is 1. The van der Waals surface area contributed by atoms with Crippen molar-refractivity contribution in [1.82, 2.24) is 4.90 Å². The average Bonchev–Trinajstić information content (AvgIpc) is 2.91. The average molecular weight is 480 g/mol. The minimum absolute atomic E-state index is 0.323. The highest BCUT2D eigenvalue weighted by Crippen LogP contribution is 2.44. The molecule has 0 unspecified atom stereocenters. The van der Waals surface area contributed by atoms with E-state index < -0.39 is 11.5 Å². The number of nitrogens with zero attached hydrogens (tertiary/aromatic N) is 2. The Labute approximate surface area is 182 Å². The smallest absolute Gasteiger partial charge is 0.265 e. The van der Waals surface area contributed by atoms with E-state index in [4.69, 9.17) is 16.3 Å². The molecule has 1 atom stereocenters. The fourth-order valence-corrected chi connectivity index (χ4v) is 4.23. The van der Waals surface area contributed by atoms with Gasteiger partial charge in [-0.05, 0) is 42.5 Å². The van der Waals surface area contributed by atoms with Gasteiger partial charge in [0.05, 0.1) is 32.0 Å². The second-order valence-corrected chi connectivity index (χ2v) is 8.59. The molecular weight excluding hydrogens is 460 g/mol. The molecule has 2 aromatic carbocycles. The van der Waals surface area contributed by atoms with E-state index in [0.29, 0.717) is 54.8 Å². The van der Waals surface area contributed by atoms with E-state index in [0.717, 1.165) is 4.47 Å². The molecule has 0 radical (unpaired) electrons. The van der Waals surface area contributed by atoms with E-state index >= 15 is 0 Å². The highest BCUT2D eigenvalue weighted by Gasteiger charge is 2.51. The summed E-state index contributed by atoms with van der Waals surface area (Å²) in [4.78, 5) is 29.8. The van der Waals surface area contributed by atoms with Gasteiger partial charge in [-0.1, -0.05) is 27.5 Å². The van der Waals surface area contributed by atoms with Gasteiger partial charge in [0, 0.05) is 33.7 Å². The SMILES string of the molecule is O=C(C[C@@]1(O)C(=O)N(CN2CCOCC2)c2ccc(Br)cc21)c1ccc(Cl)cc1. The Kier molecular flexibility index (Phi) is 5.77. The van der Waals surface area contributed by atoms with Crippen LogP contribution in [0.15, 0.2) is 46.9 Å². The molecule has 8 heteroatoms. The first kappa shape index (κ1) is 20.5. The molecule has 2 aromatic rings. The molecule has 6 nitrogen and oxygen atoms in total. The second-order valence-electron chi connectivity index (χ2n) is 7.23. The zero-order chi connectivity index (χ0) is 20.6. The Morgan fingerprint density at radius 3 is 2.55 bits per heavy atom. The zero-order valence-corrected chi connectivity index (χ0v) is 17.9. The van der Waals surface area contributed by atoms with Gasteiger partial charge in [0.1, 0.15) is 0 Å². The van der Waals surface area contributed by atoms with Crippen molar-refractivity contribution >= 4 is 44.9 Å². The molecule has 1 N–H and O–H groups in total. The molecule has 29 heavy (non-hydrogen) atoms. The summed E-state index contributed by atoms with van der Waals surface area (Å²) in [6, 6.07) is 11.8. The zero-order valence-electron chi connectivity index (χ0n) is 15.6. The van der Waals surface area contributed by atoms with Crippen molar-refractivity contribution in [2.24, 2.45) is 0 Å². The minimum atomic E-state index is -1.91. The van der Waals surface area contributed by atoms with Crippen LogP contribution in [0.5, 0.6) is 0 Å². The van der Waals surface area contributed by atoms with E-state index in [-0.39, 0.29) is 12.2 Å². The maximum Gasteiger partial charge on any atom is 0.265 e. The van der Waals surface area contributed by atoms with Gasteiger partial charge in [-0.2, -0.15) is 0 Å². The van der Waals surface area contributed by atoms with Gasteiger partial charge in [0.15, 0.2) is 11.4 Å². The maximum atomic E-state index is 13.3. The van der Waals surface area contributed by atoms with E-state index in [9.17, 15) is 14.7 Å². The van der Waals surface area contributed by atoms with Crippen LogP contribution in [0.25, 0.3) is 0 Å². The number of benzene rings is 2. The standard InChI is InChI=1S/C21H20BrClN2O4/c22-15-3-6-18-17(11-15)21(28,12-19(26)14-1-4-16(23)5-2-14)20(27)25(18)13-24-7-9-29-10-8-24/h1-6,11,28H,7-10,12-13H2/t21-/m0/s1. The molecule has 4 rings (SSSR count). The van der Waals surface area contributed by atoms with Gasteiger partial charge in [0.25, 0.3) is 5.91 Å². The summed E-state index contributed by atoms with van der Waals surface area (Å²) >= 11 is 9.30. The van der Waals surface area contributed by atoms with Crippen molar-refractivity contribution in [3.8, 4) is 0 Å². The van der Waals surface area contributed by atoms with Gasteiger partial charge < -0.3 is 9.84 Å². The third kappa shape index (κ3) is 3.98. The summed E-state index contributed by atoms with van der Waals surface area (Å²) < 4.78 is 6.10. The number of rotatable bonds is 5. The summed E-state index contributed by atoms with van der Waals surface area (Å²) in [6.07, 6.45) is -0.337. The van der Waals surface area contributed by atoms with E-state index in [2.05, 4.69) is 20.8 Å². The minimum Gasteiger partial charge on any atom is -0.379 e. The van der Waals surface area contributed by atoms with Crippen molar-refractivity contribution in [3.05, 3.63) is 63.1 Å². The molecule has 1 fully saturated rings. The Bertz CT molecular complexity index is 946. The lowest BCUT2D eigenvalue weighted by atomic mass is 9.88. The molecule has 1 saturated heterocycles. The molecular formula is C21H20BrClN2O4. The summed E-state index contributed by atoms with van der Waals surface area (Å²) in [5.41, 5.74) is -0.454. The van der Waals surface area contributed by atoms with Crippen LogP contribution in [-0.4, -0.2) is 54.7 Å². The van der Waals surface area contributed by atoms with Crippen molar-refractivity contribution in [2.75, 3.05) is 37.9 Å². The van der Waals surface area contributed by atoms with Crippen molar-refractivity contribution in [2.45, 2.75) is 12.0 Å². The van der Waals surface area contributed by atoms with Crippen LogP contribution >= 0.6 is 27.5 Å². The number of carbonyl (C=O) groups excluding carboxylic acids is 2. The number of morpholine rings is 1. The third-order valence-corrected chi connectivity index (χ3v) is 6.07. The molecule has 2 heterocycles. The Balaban J connectivity index is 1.65. The number of halogens is 2. The molecule has 2 aliphatic heterocycles. The molecule has 1 amide bonds. The predicted molar refractivity (Wildman–Crippen MR) is 113 cm³/mol. The fraction of sp³-hybridized carbons (Fsp3) is 0.333. The number of aliphatic hydroxyl groups is 1. The topological polar surface area (TPSA) is 70.1 Å². The van der Waals surface area contributed by atoms with E-state index in [1.54, 1.807) is 41.3 Å². The number of fused-ring (bicyclic) bond motifs is 1. The van der Waals surface area contributed by atoms with Crippen molar-refractivity contribution < 1.29 is 19.4 Å². The first-order valence-electron chi connectivity index (χ1n) is 9.32. The van der Waals surface area contributed by atoms with Crippen LogP contribution in [0.4, 0.5) is 5.69 Å². The van der Waals surface area contributed by atoms with Crippen LogP contribution in [0.3, 0.4) is 0 Å². The number of ketones is 1. The maximum absolute atomic E-state index is 13.3. The monoisotopic (exact) mass is 478 g/mol. The van der Waals surface area contributed by atoms with Gasteiger partial charge in [-0.15, -0.1) is 0 Å². The molecule has 2 aliphatic rings. The molecule has 0 aromatic heterocycles. The number of hydrogen-bond acceptors (Lipinski definition) is 5. The van der Waals surface area contributed by atoms with Crippen molar-refractivity contribution in [1.29, 1.82) is 0 Å². The van der Waals surface area contributed by atoms with Gasteiger partial charge in [-0.3, -0.25) is 19.4 Å². The second kappa shape index (κ2) is 8.16. The summed E-state index contributed by atoms with van der Waals surface area (Å²) in [5, 5.41) is 11.9. The lowest BCUT2D eigenvalue weighted by molar-refractivity contribution is -0.136. The van der Waals surface area contributed by atoms with Crippen LogP contribution in [0, 0.1) is 0 Å². The van der Waals surface area contributed by atoms with Gasteiger partial charge >= 0.3 is 0 Å². The number of carbonyl (C=O) groups is 2. The normalized spacial score (nSPS) is 22.0. The largest absolute Gasteiger partial charge is 0.379 e. The molecule has 0 saturated carbocycles.